The third kappa shape index (κ3) is 4.50. The lowest BCUT2D eigenvalue weighted by Gasteiger charge is -2.23. The van der Waals surface area contributed by atoms with E-state index in [9.17, 15) is 4.79 Å². The molecule has 1 aromatic carbocycles. The van der Waals surface area contributed by atoms with E-state index in [0.29, 0.717) is 18.3 Å². The molecule has 0 spiro atoms. The highest BCUT2D eigenvalue weighted by Gasteiger charge is 2.20. The molecule has 0 aliphatic heterocycles. The second-order valence-electron chi connectivity index (χ2n) is 7.56. The predicted octanol–water partition coefficient (Wildman–Crippen LogP) is 4.22. The van der Waals surface area contributed by atoms with Crippen molar-refractivity contribution in [3.05, 3.63) is 52.3 Å². The van der Waals surface area contributed by atoms with Gasteiger partial charge in [-0.3, -0.25) is 9.48 Å². The third-order valence-corrected chi connectivity index (χ3v) is 4.94. The Bertz CT molecular complexity index is 726. The molecule has 0 fully saturated rings. The van der Waals surface area contributed by atoms with Gasteiger partial charge in [0.2, 0.25) is 5.91 Å². The maximum atomic E-state index is 12.6. The largest absolute Gasteiger partial charge is 0.349 e. The van der Waals surface area contributed by atoms with Crippen molar-refractivity contribution in [1.29, 1.82) is 0 Å². The van der Waals surface area contributed by atoms with Crippen LogP contribution in [0.5, 0.6) is 0 Å². The summed E-state index contributed by atoms with van der Waals surface area (Å²) < 4.78 is 1.84. The van der Waals surface area contributed by atoms with Crippen LogP contribution in [0.25, 0.3) is 0 Å². The van der Waals surface area contributed by atoms with Crippen LogP contribution in [0.3, 0.4) is 0 Å². The number of hydrogen-bond acceptors (Lipinski definition) is 2. The molecule has 2 aromatic rings. The van der Waals surface area contributed by atoms with Crippen molar-refractivity contribution in [1.82, 2.24) is 15.1 Å². The molecule has 25 heavy (non-hydrogen) atoms. The average Bonchev–Trinajstić information content (AvgIpc) is 2.79. The van der Waals surface area contributed by atoms with Gasteiger partial charge in [-0.25, -0.2) is 0 Å². The third-order valence-electron chi connectivity index (χ3n) is 4.94. The van der Waals surface area contributed by atoms with Crippen LogP contribution in [0.4, 0.5) is 0 Å². The van der Waals surface area contributed by atoms with Crippen LogP contribution in [-0.4, -0.2) is 15.7 Å². The van der Waals surface area contributed by atoms with Gasteiger partial charge in [-0.15, -0.1) is 0 Å². The summed E-state index contributed by atoms with van der Waals surface area (Å²) >= 11 is 0. The molecule has 0 saturated carbocycles. The first-order chi connectivity index (χ1) is 11.7. The van der Waals surface area contributed by atoms with Gasteiger partial charge >= 0.3 is 0 Å². The minimum Gasteiger partial charge on any atom is -0.349 e. The van der Waals surface area contributed by atoms with Crippen LogP contribution in [-0.2, 0) is 18.3 Å². The van der Waals surface area contributed by atoms with Crippen molar-refractivity contribution in [2.24, 2.45) is 13.0 Å². The minimum atomic E-state index is 0.0194. The van der Waals surface area contributed by atoms with Gasteiger partial charge in [0.25, 0.3) is 0 Å². The zero-order valence-electron chi connectivity index (χ0n) is 16.6. The van der Waals surface area contributed by atoms with Crippen LogP contribution in [0.15, 0.2) is 24.3 Å². The summed E-state index contributed by atoms with van der Waals surface area (Å²) in [5, 5.41) is 7.62. The van der Waals surface area contributed by atoms with Crippen molar-refractivity contribution < 1.29 is 4.79 Å². The quantitative estimate of drug-likeness (QED) is 0.855. The molecule has 136 valence electrons. The maximum Gasteiger partial charge on any atom is 0.225 e. The Hall–Kier alpha value is -2.10. The zero-order chi connectivity index (χ0) is 18.7. The van der Waals surface area contributed by atoms with Crippen molar-refractivity contribution >= 4 is 5.91 Å². The van der Waals surface area contributed by atoms with Gasteiger partial charge in [0, 0.05) is 18.3 Å². The fourth-order valence-corrected chi connectivity index (χ4v) is 3.18. The van der Waals surface area contributed by atoms with Gasteiger partial charge in [0.15, 0.2) is 0 Å². The number of aromatic nitrogens is 2. The Morgan fingerprint density at radius 1 is 1.08 bits per heavy atom. The van der Waals surface area contributed by atoms with E-state index in [-0.39, 0.29) is 11.9 Å². The molecule has 2 rings (SSSR count). The highest BCUT2D eigenvalue weighted by atomic mass is 16.1. The molecule has 1 aromatic heterocycles. The van der Waals surface area contributed by atoms with Crippen LogP contribution >= 0.6 is 0 Å². The lowest BCUT2D eigenvalue weighted by atomic mass is 9.93. The summed E-state index contributed by atoms with van der Waals surface area (Å²) in [6, 6.07) is 8.63. The molecule has 1 N–H and O–H groups in total. The first-order valence-electron chi connectivity index (χ1n) is 9.09. The van der Waals surface area contributed by atoms with E-state index in [1.165, 1.54) is 5.56 Å². The van der Waals surface area contributed by atoms with Gasteiger partial charge in [-0.05, 0) is 36.8 Å². The number of rotatable bonds is 6. The number of aryl methyl sites for hydroxylation is 2. The van der Waals surface area contributed by atoms with Gasteiger partial charge in [0.05, 0.1) is 18.2 Å². The topological polar surface area (TPSA) is 46.9 Å². The summed E-state index contributed by atoms with van der Waals surface area (Å²) in [7, 11) is 1.91. The number of carbonyl (C=O) groups is 1. The molecule has 1 atom stereocenters. The van der Waals surface area contributed by atoms with E-state index in [0.717, 1.165) is 22.5 Å². The monoisotopic (exact) mass is 341 g/mol. The lowest BCUT2D eigenvalue weighted by molar-refractivity contribution is -0.121. The van der Waals surface area contributed by atoms with Crippen LogP contribution in [0.2, 0.25) is 0 Å². The Labute approximate surface area is 151 Å². The van der Waals surface area contributed by atoms with Crippen molar-refractivity contribution in [3.8, 4) is 0 Å². The molecular weight excluding hydrogens is 310 g/mol. The molecule has 0 radical (unpaired) electrons. The van der Waals surface area contributed by atoms with Crippen molar-refractivity contribution in [2.45, 2.75) is 59.9 Å². The molecule has 0 aliphatic carbocycles. The highest BCUT2D eigenvalue weighted by Crippen LogP contribution is 2.24. The Balaban J connectivity index is 2.14. The number of hydrogen-bond donors (Lipinski definition) is 1. The molecular formula is C21H31N3O. The molecule has 1 amide bonds. The molecule has 0 aliphatic rings. The molecule has 0 bridgehead atoms. The van der Waals surface area contributed by atoms with Crippen LogP contribution in [0.1, 0.15) is 67.7 Å². The van der Waals surface area contributed by atoms with Gasteiger partial charge in [-0.1, -0.05) is 52.0 Å². The number of nitrogens with zero attached hydrogens (tertiary/aromatic N) is 2. The van der Waals surface area contributed by atoms with E-state index >= 15 is 0 Å². The lowest BCUT2D eigenvalue weighted by Crippen LogP contribution is -2.33. The van der Waals surface area contributed by atoms with Crippen LogP contribution in [0, 0.1) is 19.8 Å². The molecule has 1 unspecified atom stereocenters. The second kappa shape index (κ2) is 7.85. The van der Waals surface area contributed by atoms with Gasteiger partial charge in [-0.2, -0.15) is 5.10 Å². The predicted molar refractivity (Wildman–Crippen MR) is 103 cm³/mol. The number of nitrogens with one attached hydrogen (secondary N) is 1. The Morgan fingerprint density at radius 2 is 1.64 bits per heavy atom. The van der Waals surface area contributed by atoms with Crippen molar-refractivity contribution in [2.75, 3.05) is 0 Å². The molecule has 4 heteroatoms. The normalized spacial score (nSPS) is 12.7. The summed E-state index contributed by atoms with van der Waals surface area (Å²) in [5.74, 6) is 0.883. The van der Waals surface area contributed by atoms with E-state index < -0.39 is 0 Å². The highest BCUT2D eigenvalue weighted by molar-refractivity contribution is 5.79. The molecule has 1 heterocycles. The van der Waals surface area contributed by atoms with Gasteiger partial charge < -0.3 is 5.32 Å². The number of carbonyl (C=O) groups excluding carboxylic acids is 1. The SMILES string of the molecule is Cc1nn(C)c(C)c1CC(=O)NC(c1ccc(C(C)C)cc1)C(C)C. The Kier molecular flexibility index (Phi) is 6.04. The maximum absolute atomic E-state index is 12.6. The van der Waals surface area contributed by atoms with E-state index in [2.05, 4.69) is 62.4 Å². The standard InChI is InChI=1S/C21H31N3O/c1-13(2)17-8-10-18(11-9-17)21(14(3)4)22-20(25)12-19-15(5)23-24(7)16(19)6/h8-11,13-14,21H,12H2,1-7H3,(H,22,25). The Morgan fingerprint density at radius 3 is 2.08 bits per heavy atom. The summed E-state index contributed by atoms with van der Waals surface area (Å²) in [4.78, 5) is 12.6. The minimum absolute atomic E-state index is 0.0194. The summed E-state index contributed by atoms with van der Waals surface area (Å²) in [6.45, 7) is 12.6. The van der Waals surface area contributed by atoms with Gasteiger partial charge in [0.1, 0.15) is 0 Å². The van der Waals surface area contributed by atoms with E-state index in [1.807, 2.05) is 25.6 Å². The fraction of sp³-hybridized carbons (Fsp3) is 0.524. The molecule has 0 saturated heterocycles. The average molecular weight is 341 g/mol. The fourth-order valence-electron chi connectivity index (χ4n) is 3.18. The smallest absolute Gasteiger partial charge is 0.225 e. The first kappa shape index (κ1) is 19.2. The van der Waals surface area contributed by atoms with E-state index in [1.54, 1.807) is 0 Å². The van der Waals surface area contributed by atoms with Crippen LogP contribution < -0.4 is 5.32 Å². The zero-order valence-corrected chi connectivity index (χ0v) is 16.6. The summed E-state index contributed by atoms with van der Waals surface area (Å²) in [6.07, 6.45) is 0.374. The number of amides is 1. The van der Waals surface area contributed by atoms with Crippen molar-refractivity contribution in [3.63, 3.8) is 0 Å². The number of benzene rings is 1. The second-order valence-corrected chi connectivity index (χ2v) is 7.56. The summed E-state index contributed by atoms with van der Waals surface area (Å²) in [5.41, 5.74) is 5.48. The van der Waals surface area contributed by atoms with E-state index in [4.69, 9.17) is 0 Å². The first-order valence-corrected chi connectivity index (χ1v) is 9.09. The molecule has 4 nitrogen and oxygen atoms in total.